The van der Waals surface area contributed by atoms with Gasteiger partial charge in [-0.3, -0.25) is 4.79 Å². The molecule has 0 bridgehead atoms. The van der Waals surface area contributed by atoms with Crippen LogP contribution in [0, 0.1) is 0 Å². The van der Waals surface area contributed by atoms with E-state index >= 15 is 0 Å². The van der Waals surface area contributed by atoms with Gasteiger partial charge in [0.05, 0.1) is 12.7 Å². The highest BCUT2D eigenvalue weighted by atomic mass is 35.5. The van der Waals surface area contributed by atoms with Gasteiger partial charge < -0.3 is 10.1 Å². The number of hydrogen-bond acceptors (Lipinski definition) is 4. The Morgan fingerprint density at radius 2 is 2.25 bits per heavy atom. The van der Waals surface area contributed by atoms with Crippen LogP contribution in [0.25, 0.3) is 0 Å². The fourth-order valence-electron chi connectivity index (χ4n) is 1.07. The van der Waals surface area contributed by atoms with Gasteiger partial charge >= 0.3 is 5.97 Å². The van der Waals surface area contributed by atoms with Crippen LogP contribution in [0.3, 0.4) is 0 Å². The van der Waals surface area contributed by atoms with E-state index in [4.69, 9.17) is 11.6 Å². The van der Waals surface area contributed by atoms with Gasteiger partial charge in [-0.15, -0.1) is 0 Å². The summed E-state index contributed by atoms with van der Waals surface area (Å²) in [5.74, 6) is -0.982. The summed E-state index contributed by atoms with van der Waals surface area (Å²) >= 11 is 5.73. The third-order valence-corrected chi connectivity index (χ3v) is 2.21. The molecule has 1 rings (SSSR count). The van der Waals surface area contributed by atoms with E-state index in [9.17, 15) is 9.59 Å². The monoisotopic (exact) mass is 242 g/mol. The zero-order valence-electron chi connectivity index (χ0n) is 8.86. The first-order chi connectivity index (χ1) is 7.56. The fourth-order valence-corrected chi connectivity index (χ4v) is 1.27. The summed E-state index contributed by atoms with van der Waals surface area (Å²) in [7, 11) is 1.25. The predicted octanol–water partition coefficient (Wildman–Crippen LogP) is 1.03. The molecule has 0 fully saturated rings. The van der Waals surface area contributed by atoms with E-state index in [2.05, 4.69) is 15.0 Å². The van der Waals surface area contributed by atoms with E-state index in [0.717, 1.165) is 0 Å². The van der Waals surface area contributed by atoms with E-state index in [1.807, 2.05) is 0 Å². The molecule has 5 nitrogen and oxygen atoms in total. The van der Waals surface area contributed by atoms with Crippen molar-refractivity contribution in [3.63, 3.8) is 0 Å². The lowest BCUT2D eigenvalue weighted by molar-refractivity contribution is -0.142. The van der Waals surface area contributed by atoms with Gasteiger partial charge in [-0.05, 0) is 19.1 Å². The van der Waals surface area contributed by atoms with Crippen LogP contribution in [0.4, 0.5) is 0 Å². The first kappa shape index (κ1) is 12.4. The Kier molecular flexibility index (Phi) is 4.25. The molecule has 0 aliphatic heterocycles. The van der Waals surface area contributed by atoms with Crippen molar-refractivity contribution in [3.05, 3.63) is 29.0 Å². The molecule has 1 aromatic rings. The van der Waals surface area contributed by atoms with Crippen molar-refractivity contribution in [2.75, 3.05) is 7.11 Å². The number of pyridine rings is 1. The van der Waals surface area contributed by atoms with Crippen molar-refractivity contribution >= 4 is 23.5 Å². The van der Waals surface area contributed by atoms with Crippen molar-refractivity contribution < 1.29 is 14.3 Å². The number of halogens is 1. The highest BCUT2D eigenvalue weighted by molar-refractivity contribution is 6.32. The lowest BCUT2D eigenvalue weighted by atomic mass is 10.2. The number of hydrogen-bond donors (Lipinski definition) is 1. The van der Waals surface area contributed by atoms with Gasteiger partial charge in [0.2, 0.25) is 0 Å². The van der Waals surface area contributed by atoms with Gasteiger partial charge in [-0.2, -0.15) is 0 Å². The molecule has 0 unspecified atom stereocenters. The number of methoxy groups -OCH3 is 1. The van der Waals surface area contributed by atoms with Crippen LogP contribution in [0.15, 0.2) is 18.3 Å². The maximum atomic E-state index is 11.7. The molecular weight excluding hydrogens is 232 g/mol. The SMILES string of the molecule is COC(=O)[C@H](C)NC(=O)c1cccnc1Cl. The van der Waals surface area contributed by atoms with Crippen LogP contribution in [0.1, 0.15) is 17.3 Å². The van der Waals surface area contributed by atoms with Crippen molar-refractivity contribution in [2.24, 2.45) is 0 Å². The Morgan fingerprint density at radius 1 is 1.56 bits per heavy atom. The average Bonchev–Trinajstić information content (AvgIpc) is 2.28. The molecular formula is C10H11ClN2O3. The molecule has 1 amide bonds. The minimum Gasteiger partial charge on any atom is -0.467 e. The molecule has 6 heteroatoms. The Hall–Kier alpha value is -1.62. The van der Waals surface area contributed by atoms with Crippen LogP contribution in [0.2, 0.25) is 5.15 Å². The number of nitrogens with zero attached hydrogens (tertiary/aromatic N) is 1. The van der Waals surface area contributed by atoms with Crippen LogP contribution in [-0.4, -0.2) is 30.0 Å². The van der Waals surface area contributed by atoms with E-state index < -0.39 is 17.9 Å². The summed E-state index contributed by atoms with van der Waals surface area (Å²) in [5.41, 5.74) is 0.222. The van der Waals surface area contributed by atoms with Gasteiger partial charge in [0.25, 0.3) is 5.91 Å². The largest absolute Gasteiger partial charge is 0.467 e. The first-order valence-corrected chi connectivity index (χ1v) is 4.93. The van der Waals surface area contributed by atoms with E-state index in [-0.39, 0.29) is 10.7 Å². The smallest absolute Gasteiger partial charge is 0.328 e. The van der Waals surface area contributed by atoms with Crippen molar-refractivity contribution in [1.82, 2.24) is 10.3 Å². The van der Waals surface area contributed by atoms with Gasteiger partial charge in [0.15, 0.2) is 0 Å². The Balaban J connectivity index is 2.73. The average molecular weight is 243 g/mol. The maximum absolute atomic E-state index is 11.7. The zero-order chi connectivity index (χ0) is 12.1. The molecule has 1 heterocycles. The van der Waals surface area contributed by atoms with Gasteiger partial charge in [0.1, 0.15) is 11.2 Å². The number of carbonyl (C=O) groups excluding carboxylic acids is 2. The minimum absolute atomic E-state index is 0.0945. The van der Waals surface area contributed by atoms with Crippen molar-refractivity contribution in [1.29, 1.82) is 0 Å². The summed E-state index contributed by atoms with van der Waals surface area (Å²) in [4.78, 5) is 26.5. The summed E-state index contributed by atoms with van der Waals surface area (Å²) in [6.45, 7) is 1.52. The van der Waals surface area contributed by atoms with Gasteiger partial charge in [0, 0.05) is 6.20 Å². The van der Waals surface area contributed by atoms with E-state index in [0.29, 0.717) is 0 Å². The third kappa shape index (κ3) is 2.93. The Morgan fingerprint density at radius 3 is 2.81 bits per heavy atom. The second-order valence-corrected chi connectivity index (χ2v) is 3.42. The molecule has 86 valence electrons. The number of ether oxygens (including phenoxy) is 1. The Bertz CT molecular complexity index is 409. The molecule has 0 spiro atoms. The number of esters is 1. The zero-order valence-corrected chi connectivity index (χ0v) is 9.62. The normalized spacial score (nSPS) is 11.7. The van der Waals surface area contributed by atoms with E-state index in [1.165, 1.54) is 26.3 Å². The van der Waals surface area contributed by atoms with Crippen LogP contribution < -0.4 is 5.32 Å². The number of carbonyl (C=O) groups is 2. The number of amides is 1. The topological polar surface area (TPSA) is 68.3 Å². The second kappa shape index (κ2) is 5.46. The summed E-state index contributed by atoms with van der Waals surface area (Å²) in [6.07, 6.45) is 1.48. The molecule has 0 aliphatic carbocycles. The van der Waals surface area contributed by atoms with Crippen LogP contribution in [-0.2, 0) is 9.53 Å². The number of rotatable bonds is 3. The molecule has 0 radical (unpaired) electrons. The number of nitrogens with one attached hydrogen (secondary N) is 1. The van der Waals surface area contributed by atoms with Crippen molar-refractivity contribution in [2.45, 2.75) is 13.0 Å². The number of aromatic nitrogens is 1. The first-order valence-electron chi connectivity index (χ1n) is 4.55. The molecule has 1 aromatic heterocycles. The molecule has 0 saturated heterocycles. The molecule has 16 heavy (non-hydrogen) atoms. The van der Waals surface area contributed by atoms with Crippen LogP contribution >= 0.6 is 11.6 Å². The molecule has 1 atom stereocenters. The highest BCUT2D eigenvalue weighted by Gasteiger charge is 2.18. The van der Waals surface area contributed by atoms with E-state index in [1.54, 1.807) is 6.07 Å². The predicted molar refractivity (Wildman–Crippen MR) is 58.2 cm³/mol. The summed E-state index contributed by atoms with van der Waals surface area (Å²) < 4.78 is 4.48. The van der Waals surface area contributed by atoms with Gasteiger partial charge in [-0.25, -0.2) is 9.78 Å². The highest BCUT2D eigenvalue weighted by Crippen LogP contribution is 2.11. The Labute approximate surface area is 97.8 Å². The standard InChI is InChI=1S/C10H11ClN2O3/c1-6(10(15)16-2)13-9(14)7-4-3-5-12-8(7)11/h3-6H,1-2H3,(H,13,14)/t6-/m0/s1. The maximum Gasteiger partial charge on any atom is 0.328 e. The fraction of sp³-hybridized carbons (Fsp3) is 0.300. The quantitative estimate of drug-likeness (QED) is 0.635. The minimum atomic E-state index is -0.728. The second-order valence-electron chi connectivity index (χ2n) is 3.06. The lowest BCUT2D eigenvalue weighted by Gasteiger charge is -2.11. The van der Waals surface area contributed by atoms with Gasteiger partial charge in [-0.1, -0.05) is 11.6 Å². The molecule has 0 aromatic carbocycles. The molecule has 0 saturated carbocycles. The molecule has 1 N–H and O–H groups in total. The summed E-state index contributed by atoms with van der Waals surface area (Å²) in [6, 6.07) is 2.38. The van der Waals surface area contributed by atoms with Crippen molar-refractivity contribution in [3.8, 4) is 0 Å². The van der Waals surface area contributed by atoms with Crippen LogP contribution in [0.5, 0.6) is 0 Å². The summed E-state index contributed by atoms with van der Waals surface area (Å²) in [5, 5.41) is 2.54. The molecule has 0 aliphatic rings. The lowest BCUT2D eigenvalue weighted by Crippen LogP contribution is -2.39. The third-order valence-electron chi connectivity index (χ3n) is 1.91.